The molecule has 88 valence electrons. The van der Waals surface area contributed by atoms with E-state index in [4.69, 9.17) is 0 Å². The second-order valence-corrected chi connectivity index (χ2v) is 4.59. The number of hydrogen-bond acceptors (Lipinski definition) is 2. The zero-order chi connectivity index (χ0) is 11.4. The van der Waals surface area contributed by atoms with Crippen molar-refractivity contribution in [3.05, 3.63) is 29.8 Å². The lowest BCUT2D eigenvalue weighted by Gasteiger charge is -2.17. The van der Waals surface area contributed by atoms with Crippen LogP contribution in [0, 0.1) is 11.7 Å². The van der Waals surface area contributed by atoms with Crippen molar-refractivity contribution in [1.29, 1.82) is 0 Å². The summed E-state index contributed by atoms with van der Waals surface area (Å²) in [6, 6.07) is 3.59. The van der Waals surface area contributed by atoms with Crippen molar-refractivity contribution >= 4 is 0 Å². The molecule has 1 aromatic heterocycles. The molecule has 1 unspecified atom stereocenters. The fourth-order valence-corrected chi connectivity index (χ4v) is 1.91. The first kappa shape index (κ1) is 11.5. The van der Waals surface area contributed by atoms with Gasteiger partial charge in [0.1, 0.15) is 5.82 Å². The van der Waals surface area contributed by atoms with Crippen molar-refractivity contribution in [1.82, 2.24) is 10.3 Å². The van der Waals surface area contributed by atoms with Gasteiger partial charge < -0.3 is 5.32 Å². The summed E-state index contributed by atoms with van der Waals surface area (Å²) in [6.45, 7) is 3.15. The van der Waals surface area contributed by atoms with Crippen LogP contribution in [0.4, 0.5) is 4.39 Å². The van der Waals surface area contributed by atoms with Gasteiger partial charge in [-0.2, -0.15) is 0 Å². The highest BCUT2D eigenvalue weighted by molar-refractivity contribution is 5.10. The van der Waals surface area contributed by atoms with E-state index in [2.05, 4.69) is 17.2 Å². The molecule has 1 atom stereocenters. The Morgan fingerprint density at radius 1 is 1.50 bits per heavy atom. The Hall–Kier alpha value is -0.960. The second-order valence-electron chi connectivity index (χ2n) is 4.59. The van der Waals surface area contributed by atoms with Crippen LogP contribution in [0.15, 0.2) is 18.3 Å². The summed E-state index contributed by atoms with van der Waals surface area (Å²) >= 11 is 0. The fourth-order valence-electron chi connectivity index (χ4n) is 1.91. The quantitative estimate of drug-likeness (QED) is 0.800. The monoisotopic (exact) mass is 222 g/mol. The zero-order valence-corrected chi connectivity index (χ0v) is 9.75. The van der Waals surface area contributed by atoms with Gasteiger partial charge in [-0.05, 0) is 37.4 Å². The predicted octanol–water partition coefficient (Wildman–Crippen LogP) is 3.06. The molecule has 1 N–H and O–H groups in total. The van der Waals surface area contributed by atoms with Gasteiger partial charge in [0.15, 0.2) is 0 Å². The average molecular weight is 222 g/mol. The number of aromatic nitrogens is 1. The van der Waals surface area contributed by atoms with Crippen LogP contribution in [0.1, 0.15) is 44.3 Å². The lowest BCUT2D eigenvalue weighted by molar-refractivity contribution is 0.463. The van der Waals surface area contributed by atoms with Gasteiger partial charge in [0.05, 0.1) is 11.9 Å². The fraction of sp³-hybridized carbons (Fsp3) is 0.615. The molecule has 0 radical (unpaired) electrons. The third-order valence-electron chi connectivity index (χ3n) is 3.01. The molecule has 3 heteroatoms. The van der Waals surface area contributed by atoms with Crippen LogP contribution < -0.4 is 5.32 Å². The van der Waals surface area contributed by atoms with E-state index in [0.717, 1.165) is 31.0 Å². The highest BCUT2D eigenvalue weighted by atomic mass is 19.1. The number of halogens is 1. The van der Waals surface area contributed by atoms with Crippen LogP contribution in [-0.2, 0) is 0 Å². The topological polar surface area (TPSA) is 24.9 Å². The van der Waals surface area contributed by atoms with Crippen LogP contribution in [0.25, 0.3) is 0 Å². The minimum absolute atomic E-state index is 0.260. The highest BCUT2D eigenvalue weighted by Crippen LogP contribution is 2.37. The number of pyridine rings is 1. The molecule has 1 fully saturated rings. The molecule has 1 aliphatic rings. The first-order valence-electron chi connectivity index (χ1n) is 6.14. The summed E-state index contributed by atoms with van der Waals surface area (Å²) in [7, 11) is 0. The summed E-state index contributed by atoms with van der Waals surface area (Å²) in [4.78, 5) is 4.17. The lowest BCUT2D eigenvalue weighted by atomic mass is 10.1. The summed E-state index contributed by atoms with van der Waals surface area (Å²) in [5, 5.41) is 3.49. The maximum absolute atomic E-state index is 12.8. The van der Waals surface area contributed by atoms with Gasteiger partial charge in [0, 0.05) is 6.04 Å². The molecule has 2 rings (SSSR count). The maximum Gasteiger partial charge on any atom is 0.141 e. The maximum atomic E-state index is 12.8. The molecular formula is C13H19FN2. The van der Waals surface area contributed by atoms with Crippen molar-refractivity contribution in [2.24, 2.45) is 5.92 Å². The number of nitrogens with zero attached hydrogens (tertiary/aromatic N) is 1. The van der Waals surface area contributed by atoms with Gasteiger partial charge in [0.2, 0.25) is 0 Å². The van der Waals surface area contributed by atoms with E-state index < -0.39 is 0 Å². The van der Waals surface area contributed by atoms with Gasteiger partial charge in [-0.25, -0.2) is 4.39 Å². The van der Waals surface area contributed by atoms with Crippen molar-refractivity contribution in [3.63, 3.8) is 0 Å². The molecule has 16 heavy (non-hydrogen) atoms. The molecule has 0 amide bonds. The number of nitrogens with one attached hydrogen (secondary N) is 1. The van der Waals surface area contributed by atoms with E-state index in [-0.39, 0.29) is 5.82 Å². The van der Waals surface area contributed by atoms with E-state index >= 15 is 0 Å². The number of rotatable bonds is 6. The molecule has 0 saturated heterocycles. The highest BCUT2D eigenvalue weighted by Gasteiger charge is 2.26. The first-order chi connectivity index (χ1) is 7.79. The van der Waals surface area contributed by atoms with Crippen molar-refractivity contribution in [2.45, 2.75) is 38.6 Å². The normalized spacial score (nSPS) is 17.4. The molecule has 1 saturated carbocycles. The van der Waals surface area contributed by atoms with Crippen molar-refractivity contribution < 1.29 is 4.39 Å². The Bertz CT molecular complexity index is 319. The summed E-state index contributed by atoms with van der Waals surface area (Å²) in [6.07, 6.45) is 6.24. The molecule has 2 nitrogen and oxygen atoms in total. The molecule has 1 heterocycles. The van der Waals surface area contributed by atoms with E-state index in [1.165, 1.54) is 25.1 Å². The molecule has 1 aliphatic carbocycles. The molecular weight excluding hydrogens is 203 g/mol. The van der Waals surface area contributed by atoms with Crippen molar-refractivity contribution in [3.8, 4) is 0 Å². The second kappa shape index (κ2) is 5.39. The summed E-state index contributed by atoms with van der Waals surface area (Å²) in [5.74, 6) is 0.589. The summed E-state index contributed by atoms with van der Waals surface area (Å²) in [5.41, 5.74) is 0.974. The zero-order valence-electron chi connectivity index (χ0n) is 9.75. The Labute approximate surface area is 96.3 Å². The molecule has 0 spiro atoms. The van der Waals surface area contributed by atoms with Crippen LogP contribution in [0.3, 0.4) is 0 Å². The molecule has 0 aromatic carbocycles. The van der Waals surface area contributed by atoms with Gasteiger partial charge in [-0.1, -0.05) is 19.8 Å². The summed E-state index contributed by atoms with van der Waals surface area (Å²) < 4.78 is 12.8. The van der Waals surface area contributed by atoms with E-state index in [0.29, 0.717) is 6.04 Å². The van der Waals surface area contributed by atoms with Gasteiger partial charge in [-0.15, -0.1) is 0 Å². The van der Waals surface area contributed by atoms with Crippen LogP contribution in [0.5, 0.6) is 0 Å². The molecule has 0 bridgehead atoms. The standard InChI is InChI=1S/C13H19FN2/c1-2-7-15-13(8-10-3-4-10)12-6-5-11(14)9-16-12/h5-6,9-10,13,15H,2-4,7-8H2,1H3. The van der Waals surface area contributed by atoms with Crippen LogP contribution in [0.2, 0.25) is 0 Å². The lowest BCUT2D eigenvalue weighted by Crippen LogP contribution is -2.23. The Kier molecular flexibility index (Phi) is 3.88. The largest absolute Gasteiger partial charge is 0.309 e. The third-order valence-corrected chi connectivity index (χ3v) is 3.01. The van der Waals surface area contributed by atoms with E-state index in [9.17, 15) is 4.39 Å². The Morgan fingerprint density at radius 3 is 2.88 bits per heavy atom. The van der Waals surface area contributed by atoms with Gasteiger partial charge in [0.25, 0.3) is 0 Å². The minimum atomic E-state index is -0.260. The molecule has 1 aromatic rings. The van der Waals surface area contributed by atoms with Crippen LogP contribution >= 0.6 is 0 Å². The average Bonchev–Trinajstić information content (AvgIpc) is 3.09. The Balaban J connectivity index is 2.00. The third kappa shape index (κ3) is 3.27. The van der Waals surface area contributed by atoms with Crippen molar-refractivity contribution in [2.75, 3.05) is 6.54 Å². The first-order valence-corrected chi connectivity index (χ1v) is 6.14. The SMILES string of the molecule is CCCNC(CC1CC1)c1ccc(F)cn1. The van der Waals surface area contributed by atoms with E-state index in [1.54, 1.807) is 6.07 Å². The smallest absolute Gasteiger partial charge is 0.141 e. The minimum Gasteiger partial charge on any atom is -0.309 e. The van der Waals surface area contributed by atoms with Gasteiger partial charge >= 0.3 is 0 Å². The van der Waals surface area contributed by atoms with Gasteiger partial charge in [-0.3, -0.25) is 4.98 Å². The number of hydrogen-bond donors (Lipinski definition) is 1. The van der Waals surface area contributed by atoms with E-state index in [1.807, 2.05) is 0 Å². The van der Waals surface area contributed by atoms with Crippen LogP contribution in [-0.4, -0.2) is 11.5 Å². The predicted molar refractivity (Wildman–Crippen MR) is 62.6 cm³/mol. The Morgan fingerprint density at radius 2 is 2.31 bits per heavy atom. The molecule has 0 aliphatic heterocycles.